The standard InChI is InChI=1S/C16H14N2O/c1-17-10-12-9-13(19)5-6-14(12)18-8-7-11-3-2-4-15(17)16(11)18/h2-4,6-8,10H,5,9H2,1H3. The molecule has 0 atom stereocenters. The van der Waals surface area contributed by atoms with Crippen molar-refractivity contribution >= 4 is 28.3 Å². The second-order valence-electron chi connectivity index (χ2n) is 5.17. The SMILES string of the molecule is Cn1cc2c(n3ccc4cccc1c43)=CCC(=O)C2. The lowest BCUT2D eigenvalue weighted by atomic mass is 10.0. The number of carbonyl (C=O) groups is 1. The molecule has 1 aliphatic carbocycles. The molecular weight excluding hydrogens is 236 g/mol. The van der Waals surface area contributed by atoms with Crippen molar-refractivity contribution in [1.29, 1.82) is 0 Å². The number of Topliss-reactive ketones (excluding diaryl/α,β-unsaturated/α-hetero) is 1. The molecule has 0 saturated carbocycles. The average molecular weight is 250 g/mol. The van der Waals surface area contributed by atoms with Crippen molar-refractivity contribution in [2.45, 2.75) is 12.8 Å². The first-order chi connectivity index (χ1) is 9.24. The highest BCUT2D eigenvalue weighted by Gasteiger charge is 2.13. The van der Waals surface area contributed by atoms with Crippen molar-refractivity contribution in [2.75, 3.05) is 0 Å². The van der Waals surface area contributed by atoms with Gasteiger partial charge >= 0.3 is 0 Å². The number of para-hydroxylation sites is 1. The number of hydrogen-bond donors (Lipinski definition) is 0. The van der Waals surface area contributed by atoms with E-state index in [0.29, 0.717) is 12.8 Å². The van der Waals surface area contributed by atoms with Crippen molar-refractivity contribution in [3.8, 4) is 0 Å². The Morgan fingerprint density at radius 2 is 2.11 bits per heavy atom. The van der Waals surface area contributed by atoms with Crippen molar-refractivity contribution < 1.29 is 4.79 Å². The highest BCUT2D eigenvalue weighted by atomic mass is 16.1. The largest absolute Gasteiger partial charge is 0.349 e. The van der Waals surface area contributed by atoms with Crippen LogP contribution in [0.4, 0.5) is 0 Å². The summed E-state index contributed by atoms with van der Waals surface area (Å²) in [5, 5.41) is 2.39. The zero-order valence-electron chi connectivity index (χ0n) is 10.8. The van der Waals surface area contributed by atoms with Gasteiger partial charge in [0.2, 0.25) is 0 Å². The van der Waals surface area contributed by atoms with Crippen LogP contribution >= 0.6 is 0 Å². The van der Waals surface area contributed by atoms with Crippen LogP contribution in [0, 0.1) is 0 Å². The number of benzene rings is 1. The molecule has 19 heavy (non-hydrogen) atoms. The maximum atomic E-state index is 11.7. The van der Waals surface area contributed by atoms with Gasteiger partial charge in [0, 0.05) is 43.0 Å². The second kappa shape index (κ2) is 3.60. The summed E-state index contributed by atoms with van der Waals surface area (Å²) in [4.78, 5) is 11.7. The van der Waals surface area contributed by atoms with Gasteiger partial charge in [-0.3, -0.25) is 4.79 Å². The zero-order chi connectivity index (χ0) is 13.0. The quantitative estimate of drug-likeness (QED) is 0.599. The van der Waals surface area contributed by atoms with E-state index >= 15 is 0 Å². The Kier molecular flexibility index (Phi) is 2.01. The van der Waals surface area contributed by atoms with Gasteiger partial charge in [0.1, 0.15) is 5.78 Å². The van der Waals surface area contributed by atoms with Crippen LogP contribution in [0.2, 0.25) is 0 Å². The maximum Gasteiger partial charge on any atom is 0.141 e. The molecule has 0 spiro atoms. The van der Waals surface area contributed by atoms with E-state index in [0.717, 1.165) is 10.9 Å². The third kappa shape index (κ3) is 1.41. The monoisotopic (exact) mass is 250 g/mol. The van der Waals surface area contributed by atoms with Gasteiger partial charge in [-0.2, -0.15) is 0 Å². The van der Waals surface area contributed by atoms with Crippen LogP contribution in [0.1, 0.15) is 12.0 Å². The van der Waals surface area contributed by atoms with Crippen LogP contribution in [0.15, 0.2) is 36.7 Å². The molecule has 0 aliphatic heterocycles. The molecule has 0 fully saturated rings. The number of aryl methyl sites for hydroxylation is 1. The topological polar surface area (TPSA) is 26.4 Å². The fourth-order valence-electron chi connectivity index (χ4n) is 3.05. The van der Waals surface area contributed by atoms with Gasteiger partial charge in [-0.05, 0) is 17.7 Å². The van der Waals surface area contributed by atoms with E-state index in [4.69, 9.17) is 0 Å². The summed E-state index contributed by atoms with van der Waals surface area (Å²) in [5.74, 6) is 0.290. The lowest BCUT2D eigenvalue weighted by molar-refractivity contribution is -0.117. The molecule has 2 aromatic heterocycles. The van der Waals surface area contributed by atoms with Crippen LogP contribution in [-0.2, 0) is 18.3 Å². The summed E-state index contributed by atoms with van der Waals surface area (Å²) in [7, 11) is 2.04. The first kappa shape index (κ1) is 10.6. The first-order valence-corrected chi connectivity index (χ1v) is 6.50. The minimum atomic E-state index is 0.290. The fourth-order valence-corrected chi connectivity index (χ4v) is 3.05. The molecule has 3 heteroatoms. The number of ketones is 1. The predicted molar refractivity (Wildman–Crippen MR) is 75.7 cm³/mol. The molecule has 1 aromatic carbocycles. The maximum absolute atomic E-state index is 11.7. The lowest BCUT2D eigenvalue weighted by Crippen LogP contribution is -2.23. The number of aromatic nitrogens is 2. The Labute approximate surface area is 110 Å². The van der Waals surface area contributed by atoms with E-state index < -0.39 is 0 Å². The Balaban J connectivity index is 2.34. The summed E-state index contributed by atoms with van der Waals surface area (Å²) < 4.78 is 4.33. The molecule has 94 valence electrons. The van der Waals surface area contributed by atoms with Gasteiger partial charge in [-0.1, -0.05) is 18.2 Å². The summed E-state index contributed by atoms with van der Waals surface area (Å²) in [6, 6.07) is 8.46. The third-order valence-corrected chi connectivity index (χ3v) is 3.92. The molecule has 1 aliphatic rings. The summed E-state index contributed by atoms with van der Waals surface area (Å²) >= 11 is 0. The van der Waals surface area contributed by atoms with Crippen LogP contribution < -0.4 is 5.35 Å². The Morgan fingerprint density at radius 3 is 3.00 bits per heavy atom. The minimum absolute atomic E-state index is 0.290. The highest BCUT2D eigenvalue weighted by Crippen LogP contribution is 2.20. The summed E-state index contributed by atoms with van der Waals surface area (Å²) in [5.41, 5.74) is 3.50. The molecule has 0 radical (unpaired) electrons. The molecule has 0 unspecified atom stereocenters. The van der Waals surface area contributed by atoms with Gasteiger partial charge in [0.15, 0.2) is 0 Å². The molecule has 4 rings (SSSR count). The van der Waals surface area contributed by atoms with Gasteiger partial charge in [0.05, 0.1) is 11.0 Å². The van der Waals surface area contributed by atoms with Crippen LogP contribution in [0.25, 0.3) is 22.5 Å². The van der Waals surface area contributed by atoms with E-state index in [-0.39, 0.29) is 5.78 Å². The van der Waals surface area contributed by atoms with Gasteiger partial charge in [0.25, 0.3) is 0 Å². The molecule has 0 saturated heterocycles. The molecule has 3 nitrogen and oxygen atoms in total. The van der Waals surface area contributed by atoms with E-state index in [1.807, 2.05) is 13.1 Å². The van der Waals surface area contributed by atoms with Crippen LogP contribution in [0.5, 0.6) is 0 Å². The van der Waals surface area contributed by atoms with E-state index in [9.17, 15) is 4.79 Å². The Bertz CT molecular complexity index is 896. The molecule has 2 heterocycles. The van der Waals surface area contributed by atoms with E-state index in [1.165, 1.54) is 16.4 Å². The normalized spacial score (nSPS) is 14.7. The van der Waals surface area contributed by atoms with Gasteiger partial charge in [-0.15, -0.1) is 0 Å². The Hall–Kier alpha value is -2.29. The van der Waals surface area contributed by atoms with Crippen molar-refractivity contribution in [1.82, 2.24) is 8.97 Å². The number of fused-ring (bicyclic) bond motifs is 2. The number of rotatable bonds is 0. The molecule has 0 amide bonds. The second-order valence-corrected chi connectivity index (χ2v) is 5.17. The minimum Gasteiger partial charge on any atom is -0.349 e. The average Bonchev–Trinajstić information content (AvgIpc) is 2.77. The van der Waals surface area contributed by atoms with Crippen molar-refractivity contribution in [2.24, 2.45) is 7.05 Å². The van der Waals surface area contributed by atoms with Gasteiger partial charge < -0.3 is 8.97 Å². The molecular formula is C16H14N2O. The third-order valence-electron chi connectivity index (χ3n) is 3.92. The van der Waals surface area contributed by atoms with Crippen molar-refractivity contribution in [3.05, 3.63) is 47.6 Å². The van der Waals surface area contributed by atoms with Crippen molar-refractivity contribution in [3.63, 3.8) is 0 Å². The summed E-state index contributed by atoms with van der Waals surface area (Å²) in [6.07, 6.45) is 7.31. The highest BCUT2D eigenvalue weighted by molar-refractivity contribution is 5.94. The lowest BCUT2D eigenvalue weighted by Gasteiger charge is -2.05. The molecule has 0 N–H and O–H groups in total. The van der Waals surface area contributed by atoms with Crippen LogP contribution in [-0.4, -0.2) is 14.8 Å². The number of nitrogens with zero attached hydrogens (tertiary/aromatic N) is 2. The van der Waals surface area contributed by atoms with E-state index in [2.05, 4.69) is 45.6 Å². The van der Waals surface area contributed by atoms with Crippen LogP contribution in [0.3, 0.4) is 0 Å². The Morgan fingerprint density at radius 1 is 1.21 bits per heavy atom. The van der Waals surface area contributed by atoms with E-state index in [1.54, 1.807) is 0 Å². The number of hydrogen-bond acceptors (Lipinski definition) is 1. The van der Waals surface area contributed by atoms with Gasteiger partial charge in [-0.25, -0.2) is 0 Å². The number of carbonyl (C=O) groups excluding carboxylic acids is 1. The zero-order valence-corrected chi connectivity index (χ0v) is 10.8. The fraction of sp³-hybridized carbons (Fsp3) is 0.188. The molecule has 3 aromatic rings. The first-order valence-electron chi connectivity index (χ1n) is 6.50. The molecule has 0 bridgehead atoms. The summed E-state index contributed by atoms with van der Waals surface area (Å²) in [6.45, 7) is 0. The smallest absolute Gasteiger partial charge is 0.141 e. The predicted octanol–water partition coefficient (Wildman–Crippen LogP) is 2.01.